The number of carbonyl (C=O) groups excluding carboxylic acids is 1. The molecule has 1 amide bonds. The van der Waals surface area contributed by atoms with E-state index in [1.165, 1.54) is 0 Å². The number of alkyl halides is 3. The SMILES string of the molecule is O=C(N1CCC(CCO)CC1)C(F)(F)F. The monoisotopic (exact) mass is 225 g/mol. The number of nitrogens with zero attached hydrogens (tertiary/aromatic N) is 1. The molecule has 0 saturated carbocycles. The Morgan fingerprint density at radius 3 is 2.27 bits per heavy atom. The number of carbonyl (C=O) groups is 1. The highest BCUT2D eigenvalue weighted by atomic mass is 19.4. The van der Waals surface area contributed by atoms with Crippen molar-refractivity contribution in [2.45, 2.75) is 25.4 Å². The van der Waals surface area contributed by atoms with E-state index in [2.05, 4.69) is 0 Å². The minimum atomic E-state index is -4.76. The molecule has 88 valence electrons. The van der Waals surface area contributed by atoms with Gasteiger partial charge < -0.3 is 10.0 Å². The second-order valence-electron chi connectivity index (χ2n) is 3.75. The normalized spacial score (nSPS) is 19.3. The average Bonchev–Trinajstić information content (AvgIpc) is 2.17. The first-order valence-corrected chi connectivity index (χ1v) is 4.92. The number of aliphatic hydroxyl groups excluding tert-OH is 1. The molecule has 6 heteroatoms. The number of rotatable bonds is 2. The molecule has 1 rings (SSSR count). The van der Waals surface area contributed by atoms with Gasteiger partial charge in [-0.3, -0.25) is 4.79 Å². The van der Waals surface area contributed by atoms with Crippen molar-refractivity contribution in [3.8, 4) is 0 Å². The molecule has 1 fully saturated rings. The zero-order chi connectivity index (χ0) is 11.5. The van der Waals surface area contributed by atoms with Gasteiger partial charge in [0.25, 0.3) is 0 Å². The molecule has 0 aromatic rings. The second-order valence-corrected chi connectivity index (χ2v) is 3.75. The number of hydrogen-bond acceptors (Lipinski definition) is 2. The van der Waals surface area contributed by atoms with Crippen molar-refractivity contribution >= 4 is 5.91 Å². The summed E-state index contributed by atoms with van der Waals surface area (Å²) in [5.74, 6) is -1.50. The highest BCUT2D eigenvalue weighted by Gasteiger charge is 2.43. The molecule has 0 aromatic carbocycles. The fourth-order valence-corrected chi connectivity index (χ4v) is 1.79. The largest absolute Gasteiger partial charge is 0.471 e. The van der Waals surface area contributed by atoms with Crippen molar-refractivity contribution < 1.29 is 23.1 Å². The number of piperidine rings is 1. The summed E-state index contributed by atoms with van der Waals surface area (Å²) in [7, 11) is 0. The maximum Gasteiger partial charge on any atom is 0.471 e. The minimum Gasteiger partial charge on any atom is -0.396 e. The van der Waals surface area contributed by atoms with E-state index in [4.69, 9.17) is 5.11 Å². The van der Waals surface area contributed by atoms with Crippen LogP contribution in [0.2, 0.25) is 0 Å². The van der Waals surface area contributed by atoms with E-state index in [1.54, 1.807) is 0 Å². The first-order valence-electron chi connectivity index (χ1n) is 4.92. The molecule has 1 saturated heterocycles. The molecule has 0 bridgehead atoms. The van der Waals surface area contributed by atoms with E-state index in [1.807, 2.05) is 0 Å². The van der Waals surface area contributed by atoms with Gasteiger partial charge in [-0.05, 0) is 25.2 Å². The van der Waals surface area contributed by atoms with E-state index in [9.17, 15) is 18.0 Å². The predicted molar refractivity (Wildman–Crippen MR) is 47.1 cm³/mol. The molecular formula is C9H14F3NO2. The molecule has 0 aliphatic carbocycles. The van der Waals surface area contributed by atoms with Gasteiger partial charge in [-0.2, -0.15) is 13.2 Å². The third kappa shape index (κ3) is 3.37. The minimum absolute atomic E-state index is 0.0535. The predicted octanol–water partition coefficient (Wildman–Crippen LogP) is 1.17. The van der Waals surface area contributed by atoms with Crippen LogP contribution in [0.3, 0.4) is 0 Å². The van der Waals surface area contributed by atoms with Gasteiger partial charge in [0.05, 0.1) is 0 Å². The molecule has 0 atom stereocenters. The van der Waals surface area contributed by atoms with Crippen LogP contribution in [0.5, 0.6) is 0 Å². The molecular weight excluding hydrogens is 211 g/mol. The molecule has 0 radical (unpaired) electrons. The number of hydrogen-bond donors (Lipinski definition) is 1. The molecule has 1 aliphatic heterocycles. The molecule has 0 aromatic heterocycles. The second kappa shape index (κ2) is 4.83. The Hall–Kier alpha value is -0.780. The third-order valence-corrected chi connectivity index (χ3v) is 2.68. The smallest absolute Gasteiger partial charge is 0.396 e. The van der Waals surface area contributed by atoms with Crippen molar-refractivity contribution in [2.24, 2.45) is 5.92 Å². The van der Waals surface area contributed by atoms with Gasteiger partial charge in [-0.15, -0.1) is 0 Å². The van der Waals surface area contributed by atoms with Crippen molar-refractivity contribution in [1.82, 2.24) is 4.90 Å². The highest BCUT2D eigenvalue weighted by Crippen LogP contribution is 2.24. The maximum atomic E-state index is 12.0. The maximum absolute atomic E-state index is 12.0. The number of amides is 1. The lowest BCUT2D eigenvalue weighted by molar-refractivity contribution is -0.186. The van der Waals surface area contributed by atoms with Crippen LogP contribution in [0.4, 0.5) is 13.2 Å². The summed E-state index contributed by atoms with van der Waals surface area (Å²) < 4.78 is 36.1. The Morgan fingerprint density at radius 2 is 1.87 bits per heavy atom. The Morgan fingerprint density at radius 1 is 1.33 bits per heavy atom. The summed E-state index contributed by atoms with van der Waals surface area (Å²) in [5, 5.41) is 8.66. The lowest BCUT2D eigenvalue weighted by atomic mass is 9.94. The summed E-state index contributed by atoms with van der Waals surface area (Å²) in [4.78, 5) is 11.7. The molecule has 1 aliphatic rings. The summed E-state index contributed by atoms with van der Waals surface area (Å²) in [5.41, 5.74) is 0. The first kappa shape index (κ1) is 12.3. The number of likely N-dealkylation sites (tertiary alicyclic amines) is 1. The third-order valence-electron chi connectivity index (χ3n) is 2.68. The highest BCUT2D eigenvalue weighted by molar-refractivity contribution is 5.81. The molecule has 1 heterocycles. The Balaban J connectivity index is 2.41. The molecule has 0 unspecified atom stereocenters. The van der Waals surface area contributed by atoms with Gasteiger partial charge in [-0.25, -0.2) is 0 Å². The zero-order valence-corrected chi connectivity index (χ0v) is 8.26. The number of halogens is 3. The molecule has 1 N–H and O–H groups in total. The van der Waals surface area contributed by atoms with Crippen LogP contribution in [0.1, 0.15) is 19.3 Å². The van der Waals surface area contributed by atoms with Gasteiger partial charge in [-0.1, -0.05) is 0 Å². The Kier molecular flexibility index (Phi) is 3.96. The standard InChI is InChI=1S/C9H14F3NO2/c10-9(11,12)8(15)13-4-1-7(2-5-13)3-6-14/h7,14H,1-6H2. The van der Waals surface area contributed by atoms with Crippen molar-refractivity contribution in [2.75, 3.05) is 19.7 Å². The van der Waals surface area contributed by atoms with E-state index in [0.29, 0.717) is 19.3 Å². The summed E-state index contributed by atoms with van der Waals surface area (Å²) in [6.45, 7) is 0.337. The van der Waals surface area contributed by atoms with Crippen molar-refractivity contribution in [3.05, 3.63) is 0 Å². The zero-order valence-electron chi connectivity index (χ0n) is 8.26. The lowest BCUT2D eigenvalue weighted by Gasteiger charge is -2.32. The lowest BCUT2D eigenvalue weighted by Crippen LogP contribution is -2.45. The van der Waals surface area contributed by atoms with E-state index in [-0.39, 0.29) is 25.6 Å². The van der Waals surface area contributed by atoms with Crippen LogP contribution < -0.4 is 0 Å². The Labute approximate surface area is 85.9 Å². The van der Waals surface area contributed by atoms with Crippen LogP contribution in [-0.2, 0) is 4.79 Å². The first-order chi connectivity index (χ1) is 6.95. The summed E-state index contributed by atoms with van der Waals surface area (Å²) in [6.07, 6.45) is -3.07. The van der Waals surface area contributed by atoms with Crippen LogP contribution in [-0.4, -0.2) is 41.8 Å². The van der Waals surface area contributed by atoms with Crippen molar-refractivity contribution in [3.63, 3.8) is 0 Å². The van der Waals surface area contributed by atoms with Crippen LogP contribution >= 0.6 is 0 Å². The molecule has 15 heavy (non-hydrogen) atoms. The van der Waals surface area contributed by atoms with Crippen LogP contribution in [0.15, 0.2) is 0 Å². The topological polar surface area (TPSA) is 40.5 Å². The van der Waals surface area contributed by atoms with E-state index in [0.717, 1.165) is 4.90 Å². The quantitative estimate of drug-likeness (QED) is 0.766. The molecule has 3 nitrogen and oxygen atoms in total. The summed E-state index contributed by atoms with van der Waals surface area (Å²) >= 11 is 0. The van der Waals surface area contributed by atoms with Crippen LogP contribution in [0.25, 0.3) is 0 Å². The van der Waals surface area contributed by atoms with Crippen molar-refractivity contribution in [1.29, 1.82) is 0 Å². The Bertz CT molecular complexity index is 222. The summed E-state index contributed by atoms with van der Waals surface area (Å²) in [6, 6.07) is 0. The van der Waals surface area contributed by atoms with Gasteiger partial charge >= 0.3 is 12.1 Å². The van der Waals surface area contributed by atoms with E-state index < -0.39 is 12.1 Å². The number of aliphatic hydroxyl groups is 1. The fraction of sp³-hybridized carbons (Fsp3) is 0.889. The average molecular weight is 225 g/mol. The van der Waals surface area contributed by atoms with Crippen LogP contribution in [0, 0.1) is 5.92 Å². The van der Waals surface area contributed by atoms with Gasteiger partial charge in [0, 0.05) is 19.7 Å². The van der Waals surface area contributed by atoms with Gasteiger partial charge in [0.1, 0.15) is 0 Å². The van der Waals surface area contributed by atoms with Gasteiger partial charge in [0.2, 0.25) is 0 Å². The van der Waals surface area contributed by atoms with Gasteiger partial charge in [0.15, 0.2) is 0 Å². The van der Waals surface area contributed by atoms with E-state index >= 15 is 0 Å². The fourth-order valence-electron chi connectivity index (χ4n) is 1.79. The molecule has 0 spiro atoms.